The van der Waals surface area contributed by atoms with Crippen LogP contribution in [0.4, 0.5) is 8.78 Å². The van der Waals surface area contributed by atoms with Gasteiger partial charge in [-0.2, -0.15) is 0 Å². The summed E-state index contributed by atoms with van der Waals surface area (Å²) in [4.78, 5) is 0. The second-order valence-corrected chi connectivity index (χ2v) is 4.56. The number of hydrogen-bond donors (Lipinski definition) is 1. The van der Waals surface area contributed by atoms with Crippen molar-refractivity contribution in [1.82, 2.24) is 0 Å². The molecule has 0 radical (unpaired) electrons. The van der Waals surface area contributed by atoms with Crippen LogP contribution >= 0.6 is 11.6 Å². The van der Waals surface area contributed by atoms with E-state index in [9.17, 15) is 8.78 Å². The van der Waals surface area contributed by atoms with Crippen LogP contribution in [0.5, 0.6) is 5.75 Å². The number of benzene rings is 2. The maximum Gasteiger partial charge on any atom is 0.148 e. The average Bonchev–Trinajstić information content (AvgIpc) is 2.48. The fraction of sp³-hybridized carbons (Fsp3) is 0.125. The third kappa shape index (κ3) is 3.94. The molecule has 2 aromatic rings. The van der Waals surface area contributed by atoms with Crippen molar-refractivity contribution >= 4 is 11.6 Å². The highest BCUT2D eigenvalue weighted by Crippen LogP contribution is 2.21. The third-order valence-corrected chi connectivity index (χ3v) is 2.98. The van der Waals surface area contributed by atoms with Crippen LogP contribution in [0.15, 0.2) is 36.4 Å². The molecule has 0 saturated heterocycles. The third-order valence-electron chi connectivity index (χ3n) is 2.69. The molecule has 0 aliphatic rings. The van der Waals surface area contributed by atoms with Gasteiger partial charge < -0.3 is 10.5 Å². The standard InChI is InChI=1S/C16H12ClF2NO/c17-14-5-1-3-12(16(14)19)10-21-13-7-6-11(4-2-8-20)15(18)9-13/h1,3,5-7,9H,8,10,20H2. The van der Waals surface area contributed by atoms with Crippen LogP contribution in [0, 0.1) is 23.5 Å². The fourth-order valence-electron chi connectivity index (χ4n) is 1.65. The van der Waals surface area contributed by atoms with Gasteiger partial charge in [-0.1, -0.05) is 35.6 Å². The number of rotatable bonds is 3. The lowest BCUT2D eigenvalue weighted by molar-refractivity contribution is 0.298. The first-order chi connectivity index (χ1) is 10.1. The lowest BCUT2D eigenvalue weighted by Gasteiger charge is -2.08. The number of nitrogens with two attached hydrogens (primary N) is 1. The molecule has 108 valence electrons. The van der Waals surface area contributed by atoms with Crippen molar-refractivity contribution in [3.63, 3.8) is 0 Å². The van der Waals surface area contributed by atoms with Gasteiger partial charge >= 0.3 is 0 Å². The van der Waals surface area contributed by atoms with Crippen molar-refractivity contribution in [2.75, 3.05) is 6.54 Å². The molecular weight excluding hydrogens is 296 g/mol. The summed E-state index contributed by atoms with van der Waals surface area (Å²) in [5.41, 5.74) is 5.77. The molecule has 0 heterocycles. The quantitative estimate of drug-likeness (QED) is 0.881. The van der Waals surface area contributed by atoms with E-state index >= 15 is 0 Å². The summed E-state index contributed by atoms with van der Waals surface area (Å²) in [6.45, 7) is 0.116. The van der Waals surface area contributed by atoms with Crippen molar-refractivity contribution in [3.05, 3.63) is 64.2 Å². The molecule has 2 nitrogen and oxygen atoms in total. The fourth-order valence-corrected chi connectivity index (χ4v) is 1.85. The Morgan fingerprint density at radius 1 is 1.19 bits per heavy atom. The summed E-state index contributed by atoms with van der Waals surface area (Å²) in [6.07, 6.45) is 0. The Bertz CT molecular complexity index is 707. The van der Waals surface area contributed by atoms with E-state index < -0.39 is 11.6 Å². The maximum atomic E-state index is 13.7. The van der Waals surface area contributed by atoms with Gasteiger partial charge in [-0.3, -0.25) is 0 Å². The second kappa shape index (κ2) is 7.07. The van der Waals surface area contributed by atoms with E-state index in [2.05, 4.69) is 11.8 Å². The van der Waals surface area contributed by atoms with Gasteiger partial charge in [-0.05, 0) is 18.2 Å². The molecule has 2 aromatic carbocycles. The van der Waals surface area contributed by atoms with Crippen LogP contribution in [-0.4, -0.2) is 6.54 Å². The Morgan fingerprint density at radius 3 is 2.71 bits per heavy atom. The summed E-state index contributed by atoms with van der Waals surface area (Å²) in [7, 11) is 0. The molecule has 21 heavy (non-hydrogen) atoms. The Morgan fingerprint density at radius 2 is 2.00 bits per heavy atom. The van der Waals surface area contributed by atoms with Crippen LogP contribution in [-0.2, 0) is 6.61 Å². The molecule has 0 aromatic heterocycles. The van der Waals surface area contributed by atoms with Crippen LogP contribution in [0.3, 0.4) is 0 Å². The van der Waals surface area contributed by atoms with E-state index in [4.69, 9.17) is 22.1 Å². The van der Waals surface area contributed by atoms with Crippen molar-refractivity contribution in [3.8, 4) is 17.6 Å². The predicted molar refractivity (Wildman–Crippen MR) is 78.1 cm³/mol. The molecule has 2 rings (SSSR count). The van der Waals surface area contributed by atoms with Gasteiger partial charge in [0.2, 0.25) is 0 Å². The first kappa shape index (κ1) is 15.3. The van der Waals surface area contributed by atoms with Gasteiger partial charge in [0.15, 0.2) is 0 Å². The summed E-state index contributed by atoms with van der Waals surface area (Å²) >= 11 is 5.67. The van der Waals surface area contributed by atoms with Gasteiger partial charge in [0.25, 0.3) is 0 Å². The maximum absolute atomic E-state index is 13.7. The van der Waals surface area contributed by atoms with Crippen molar-refractivity contribution in [1.29, 1.82) is 0 Å². The lowest BCUT2D eigenvalue weighted by Crippen LogP contribution is -1.99. The van der Waals surface area contributed by atoms with Crippen LogP contribution in [0.25, 0.3) is 0 Å². The minimum Gasteiger partial charge on any atom is -0.489 e. The first-order valence-corrected chi connectivity index (χ1v) is 6.54. The Balaban J connectivity index is 2.10. The van der Waals surface area contributed by atoms with E-state index in [-0.39, 0.29) is 29.5 Å². The number of ether oxygens (including phenoxy) is 1. The topological polar surface area (TPSA) is 35.2 Å². The first-order valence-electron chi connectivity index (χ1n) is 6.16. The van der Waals surface area contributed by atoms with Crippen LogP contribution < -0.4 is 10.5 Å². The van der Waals surface area contributed by atoms with E-state index in [1.165, 1.54) is 18.2 Å². The van der Waals surface area contributed by atoms with Crippen molar-refractivity contribution in [2.24, 2.45) is 5.73 Å². The van der Waals surface area contributed by atoms with Crippen molar-refractivity contribution in [2.45, 2.75) is 6.61 Å². The monoisotopic (exact) mass is 307 g/mol. The Hall–Kier alpha value is -2.09. The molecule has 5 heteroatoms. The largest absolute Gasteiger partial charge is 0.489 e. The van der Waals surface area contributed by atoms with Crippen molar-refractivity contribution < 1.29 is 13.5 Å². The summed E-state index contributed by atoms with van der Waals surface area (Å²) < 4.78 is 32.8. The molecule has 0 saturated carbocycles. The molecule has 0 aliphatic carbocycles. The zero-order chi connectivity index (χ0) is 15.2. The normalized spacial score (nSPS) is 9.90. The SMILES string of the molecule is NCC#Cc1ccc(OCc2cccc(Cl)c2F)cc1F. The molecule has 0 bridgehead atoms. The average molecular weight is 308 g/mol. The van der Waals surface area contributed by atoms with Gasteiger partial charge in [0.1, 0.15) is 24.0 Å². The predicted octanol–water partition coefficient (Wildman–Crippen LogP) is 3.51. The number of halogens is 3. The van der Waals surface area contributed by atoms with E-state index in [0.717, 1.165) is 0 Å². The summed E-state index contributed by atoms with van der Waals surface area (Å²) in [5.74, 6) is 4.41. The Labute approximate surface area is 126 Å². The smallest absolute Gasteiger partial charge is 0.148 e. The zero-order valence-electron chi connectivity index (χ0n) is 11.0. The van der Waals surface area contributed by atoms with Crippen LogP contribution in [0.1, 0.15) is 11.1 Å². The summed E-state index contributed by atoms with van der Waals surface area (Å²) in [5, 5.41) is 0.0229. The minimum atomic E-state index is -0.537. The molecule has 0 spiro atoms. The Kier molecular flexibility index (Phi) is 5.15. The van der Waals surface area contributed by atoms with Gasteiger partial charge in [-0.15, -0.1) is 0 Å². The molecule has 2 N–H and O–H groups in total. The minimum absolute atomic E-state index is 0.0229. The summed E-state index contributed by atoms with van der Waals surface area (Å²) in [6, 6.07) is 8.87. The molecular formula is C16H12ClF2NO. The van der Waals surface area contributed by atoms with Crippen LogP contribution in [0.2, 0.25) is 5.02 Å². The number of hydrogen-bond acceptors (Lipinski definition) is 2. The van der Waals surface area contributed by atoms with Gasteiger partial charge in [0, 0.05) is 11.6 Å². The molecule has 0 atom stereocenters. The highest BCUT2D eigenvalue weighted by Gasteiger charge is 2.08. The zero-order valence-corrected chi connectivity index (χ0v) is 11.8. The lowest BCUT2D eigenvalue weighted by atomic mass is 10.2. The van der Waals surface area contributed by atoms with E-state index in [0.29, 0.717) is 5.56 Å². The van der Waals surface area contributed by atoms with Gasteiger partial charge in [-0.25, -0.2) is 8.78 Å². The van der Waals surface area contributed by atoms with E-state index in [1.807, 2.05) is 0 Å². The molecule has 0 amide bonds. The molecule has 0 fully saturated rings. The van der Waals surface area contributed by atoms with Gasteiger partial charge in [0.05, 0.1) is 17.1 Å². The molecule has 0 aliphatic heterocycles. The highest BCUT2D eigenvalue weighted by molar-refractivity contribution is 6.30. The highest BCUT2D eigenvalue weighted by atomic mass is 35.5. The molecule has 0 unspecified atom stereocenters. The van der Waals surface area contributed by atoms with E-state index in [1.54, 1.807) is 18.2 Å². The second-order valence-electron chi connectivity index (χ2n) is 4.15.